The average molecular weight is 205 g/mol. The van der Waals surface area contributed by atoms with Gasteiger partial charge in [0.2, 0.25) is 5.91 Å². The number of amides is 1. The lowest BCUT2D eigenvalue weighted by Gasteiger charge is -2.12. The van der Waals surface area contributed by atoms with Crippen molar-refractivity contribution in [2.45, 2.75) is 25.8 Å². The standard InChI is InChI=1S/C8H15NO3S/c1-3-4-7(10)9-6(5-13-2)8(11)12/h6H,3-5H2,1-2H3,(H,9,10)(H,11,12). The summed E-state index contributed by atoms with van der Waals surface area (Å²) in [5.74, 6) is -0.757. The Hall–Kier alpha value is -0.710. The number of carboxylic acid groups (broad SMARTS) is 1. The minimum absolute atomic E-state index is 0.191. The lowest BCUT2D eigenvalue weighted by Crippen LogP contribution is -2.42. The molecule has 76 valence electrons. The maximum atomic E-state index is 11.0. The van der Waals surface area contributed by atoms with E-state index in [1.54, 1.807) is 0 Å². The molecule has 0 aliphatic carbocycles. The van der Waals surface area contributed by atoms with Gasteiger partial charge in [-0.3, -0.25) is 4.79 Å². The molecule has 0 fully saturated rings. The second-order valence-corrected chi connectivity index (χ2v) is 3.57. The number of carboxylic acids is 1. The predicted octanol–water partition coefficient (Wildman–Crippen LogP) is 0.719. The zero-order valence-electron chi connectivity index (χ0n) is 7.87. The minimum atomic E-state index is -0.973. The number of aliphatic carboxylic acids is 1. The molecule has 0 saturated heterocycles. The number of hydrogen-bond donors (Lipinski definition) is 2. The highest BCUT2D eigenvalue weighted by atomic mass is 32.2. The smallest absolute Gasteiger partial charge is 0.327 e. The number of hydrogen-bond acceptors (Lipinski definition) is 3. The van der Waals surface area contributed by atoms with Crippen molar-refractivity contribution < 1.29 is 14.7 Å². The summed E-state index contributed by atoms with van der Waals surface area (Å²) >= 11 is 1.40. The summed E-state index contributed by atoms with van der Waals surface area (Å²) < 4.78 is 0. The van der Waals surface area contributed by atoms with Crippen LogP contribution in [0.1, 0.15) is 19.8 Å². The van der Waals surface area contributed by atoms with Crippen LogP contribution in [0.2, 0.25) is 0 Å². The van der Waals surface area contributed by atoms with E-state index in [-0.39, 0.29) is 5.91 Å². The molecule has 0 rings (SSSR count). The molecule has 0 spiro atoms. The maximum Gasteiger partial charge on any atom is 0.327 e. The molecule has 0 aliphatic heterocycles. The van der Waals surface area contributed by atoms with Gasteiger partial charge in [0.05, 0.1) is 0 Å². The molecule has 0 aromatic carbocycles. The fourth-order valence-corrected chi connectivity index (χ4v) is 1.39. The van der Waals surface area contributed by atoms with Crippen LogP contribution < -0.4 is 5.32 Å². The van der Waals surface area contributed by atoms with Gasteiger partial charge in [0, 0.05) is 12.2 Å². The molecule has 0 bridgehead atoms. The predicted molar refractivity (Wildman–Crippen MR) is 52.9 cm³/mol. The summed E-state index contributed by atoms with van der Waals surface area (Å²) in [6.45, 7) is 1.88. The Morgan fingerprint density at radius 1 is 1.54 bits per heavy atom. The average Bonchev–Trinajstić information content (AvgIpc) is 2.04. The first-order valence-electron chi connectivity index (χ1n) is 4.13. The van der Waals surface area contributed by atoms with E-state index in [1.165, 1.54) is 11.8 Å². The summed E-state index contributed by atoms with van der Waals surface area (Å²) in [7, 11) is 0. The fraction of sp³-hybridized carbons (Fsp3) is 0.750. The van der Waals surface area contributed by atoms with Crippen LogP contribution in [0.4, 0.5) is 0 Å². The normalized spacial score (nSPS) is 12.2. The van der Waals surface area contributed by atoms with Crippen LogP contribution >= 0.6 is 11.8 Å². The van der Waals surface area contributed by atoms with Crippen molar-refractivity contribution in [3.05, 3.63) is 0 Å². The molecule has 0 heterocycles. The number of thioether (sulfide) groups is 1. The third-order valence-corrected chi connectivity index (χ3v) is 2.11. The van der Waals surface area contributed by atoms with Gasteiger partial charge in [-0.05, 0) is 12.7 Å². The van der Waals surface area contributed by atoms with E-state index >= 15 is 0 Å². The Labute approximate surface area is 82.1 Å². The molecule has 0 aliphatic rings. The SMILES string of the molecule is CCCC(=O)NC(CSC)C(=O)O. The van der Waals surface area contributed by atoms with Crippen LogP contribution in [0.15, 0.2) is 0 Å². The fourth-order valence-electron chi connectivity index (χ4n) is 0.835. The van der Waals surface area contributed by atoms with Gasteiger partial charge in [0.15, 0.2) is 0 Å². The molecule has 13 heavy (non-hydrogen) atoms. The largest absolute Gasteiger partial charge is 0.480 e. The molecule has 1 atom stereocenters. The third kappa shape index (κ3) is 5.52. The molecular formula is C8H15NO3S. The van der Waals surface area contributed by atoms with Gasteiger partial charge >= 0.3 is 5.97 Å². The van der Waals surface area contributed by atoms with Crippen LogP contribution in [0.25, 0.3) is 0 Å². The summed E-state index contributed by atoms with van der Waals surface area (Å²) in [6, 6.07) is -0.756. The molecule has 0 aromatic rings. The first-order valence-corrected chi connectivity index (χ1v) is 5.52. The van der Waals surface area contributed by atoms with Crippen LogP contribution in [-0.2, 0) is 9.59 Å². The molecule has 0 saturated carbocycles. The highest BCUT2D eigenvalue weighted by Gasteiger charge is 2.18. The second-order valence-electron chi connectivity index (χ2n) is 2.66. The molecule has 0 radical (unpaired) electrons. The zero-order valence-corrected chi connectivity index (χ0v) is 8.69. The van der Waals surface area contributed by atoms with Crippen molar-refractivity contribution in [2.24, 2.45) is 0 Å². The van der Waals surface area contributed by atoms with Gasteiger partial charge in [-0.15, -0.1) is 0 Å². The monoisotopic (exact) mass is 205 g/mol. The number of nitrogens with one attached hydrogen (secondary N) is 1. The van der Waals surface area contributed by atoms with E-state index in [0.29, 0.717) is 12.2 Å². The van der Waals surface area contributed by atoms with E-state index in [0.717, 1.165) is 6.42 Å². The van der Waals surface area contributed by atoms with Gasteiger partial charge in [-0.1, -0.05) is 6.92 Å². The maximum absolute atomic E-state index is 11.0. The summed E-state index contributed by atoms with van der Waals surface area (Å²) in [5, 5.41) is 11.2. The van der Waals surface area contributed by atoms with Crippen LogP contribution in [-0.4, -0.2) is 35.0 Å². The zero-order chi connectivity index (χ0) is 10.3. The van der Waals surface area contributed by atoms with Gasteiger partial charge in [-0.2, -0.15) is 11.8 Å². The molecule has 1 amide bonds. The van der Waals surface area contributed by atoms with E-state index < -0.39 is 12.0 Å². The second kappa shape index (κ2) is 6.77. The molecule has 4 nitrogen and oxygen atoms in total. The van der Waals surface area contributed by atoms with Crippen molar-refractivity contribution in [2.75, 3.05) is 12.0 Å². The number of carbonyl (C=O) groups excluding carboxylic acids is 1. The minimum Gasteiger partial charge on any atom is -0.480 e. The summed E-state index contributed by atoms with van der Waals surface area (Å²) in [6.07, 6.45) is 2.93. The van der Waals surface area contributed by atoms with Gasteiger partial charge in [0.25, 0.3) is 0 Å². The highest BCUT2D eigenvalue weighted by molar-refractivity contribution is 7.98. The lowest BCUT2D eigenvalue weighted by molar-refractivity contribution is -0.141. The molecular weight excluding hydrogens is 190 g/mol. The van der Waals surface area contributed by atoms with E-state index in [4.69, 9.17) is 5.11 Å². The molecule has 1 unspecified atom stereocenters. The van der Waals surface area contributed by atoms with Crippen molar-refractivity contribution in [1.82, 2.24) is 5.32 Å². The molecule has 5 heteroatoms. The van der Waals surface area contributed by atoms with E-state index in [9.17, 15) is 9.59 Å². The van der Waals surface area contributed by atoms with Crippen molar-refractivity contribution in [1.29, 1.82) is 0 Å². The van der Waals surface area contributed by atoms with Gasteiger partial charge < -0.3 is 10.4 Å². The first-order chi connectivity index (χ1) is 6.11. The van der Waals surface area contributed by atoms with Crippen molar-refractivity contribution >= 4 is 23.6 Å². The van der Waals surface area contributed by atoms with Crippen molar-refractivity contribution in [3.63, 3.8) is 0 Å². The Morgan fingerprint density at radius 3 is 2.54 bits per heavy atom. The lowest BCUT2D eigenvalue weighted by atomic mass is 10.3. The molecule has 2 N–H and O–H groups in total. The highest BCUT2D eigenvalue weighted by Crippen LogP contribution is 1.98. The van der Waals surface area contributed by atoms with E-state index in [2.05, 4.69) is 5.32 Å². The van der Waals surface area contributed by atoms with Crippen LogP contribution in [0, 0.1) is 0 Å². The number of carbonyl (C=O) groups is 2. The summed E-state index contributed by atoms with van der Waals surface area (Å²) in [5.41, 5.74) is 0. The number of rotatable bonds is 6. The first kappa shape index (κ1) is 12.3. The topological polar surface area (TPSA) is 66.4 Å². The van der Waals surface area contributed by atoms with Crippen LogP contribution in [0.5, 0.6) is 0 Å². The Kier molecular flexibility index (Phi) is 6.40. The quantitative estimate of drug-likeness (QED) is 0.670. The van der Waals surface area contributed by atoms with Gasteiger partial charge in [0.1, 0.15) is 6.04 Å². The Bertz CT molecular complexity index is 184. The summed E-state index contributed by atoms with van der Waals surface area (Å²) in [4.78, 5) is 21.7. The third-order valence-electron chi connectivity index (χ3n) is 1.44. The van der Waals surface area contributed by atoms with Gasteiger partial charge in [-0.25, -0.2) is 4.79 Å². The Balaban J connectivity index is 3.94. The Morgan fingerprint density at radius 2 is 2.15 bits per heavy atom. The van der Waals surface area contributed by atoms with E-state index in [1.807, 2.05) is 13.2 Å². The molecule has 0 aromatic heterocycles. The van der Waals surface area contributed by atoms with Crippen molar-refractivity contribution in [3.8, 4) is 0 Å². The van der Waals surface area contributed by atoms with Crippen LogP contribution in [0.3, 0.4) is 0 Å².